The van der Waals surface area contributed by atoms with Crippen molar-refractivity contribution in [3.05, 3.63) is 10.1 Å². The van der Waals surface area contributed by atoms with Gasteiger partial charge in [0.1, 0.15) is 0 Å². The van der Waals surface area contributed by atoms with Crippen LogP contribution in [-0.4, -0.2) is 23.2 Å². The summed E-state index contributed by atoms with van der Waals surface area (Å²) in [5.74, 6) is 0. The molecule has 0 fully saturated rings. The van der Waals surface area contributed by atoms with E-state index >= 15 is 0 Å². The molecule has 0 aromatic rings. The highest BCUT2D eigenvalue weighted by atomic mass is 16.6. The lowest BCUT2D eigenvalue weighted by Gasteiger charge is -2.11. The number of hydrogen-bond donors (Lipinski definition) is 0. The summed E-state index contributed by atoms with van der Waals surface area (Å²) in [5, 5.41) is 11.1. The topological polar surface area (TPSA) is 55.5 Å². The SMILES string of the molecule is CCCCCCCCN=C(CCC)C(CCC)[N+](=O)[O-]. The molecule has 4 nitrogen and oxygen atoms in total. The van der Waals surface area contributed by atoms with Crippen molar-refractivity contribution in [3.63, 3.8) is 0 Å². The van der Waals surface area contributed by atoms with E-state index in [9.17, 15) is 10.1 Å². The maximum atomic E-state index is 11.1. The van der Waals surface area contributed by atoms with E-state index < -0.39 is 6.04 Å². The lowest BCUT2D eigenvalue weighted by atomic mass is 10.0. The first-order chi connectivity index (χ1) is 9.67. The molecule has 0 rings (SSSR count). The lowest BCUT2D eigenvalue weighted by molar-refractivity contribution is -0.504. The first-order valence-corrected chi connectivity index (χ1v) is 8.33. The smallest absolute Gasteiger partial charge is 0.250 e. The van der Waals surface area contributed by atoms with Gasteiger partial charge in [-0.15, -0.1) is 0 Å². The normalized spacial score (nSPS) is 13.4. The molecule has 1 atom stereocenters. The van der Waals surface area contributed by atoms with E-state index in [0.29, 0.717) is 6.42 Å². The Labute approximate surface area is 124 Å². The molecule has 0 aromatic heterocycles. The second-order valence-electron chi connectivity index (χ2n) is 5.48. The lowest BCUT2D eigenvalue weighted by Crippen LogP contribution is -2.29. The molecule has 0 amide bonds. The van der Waals surface area contributed by atoms with Crippen molar-refractivity contribution in [1.29, 1.82) is 0 Å². The van der Waals surface area contributed by atoms with Crippen molar-refractivity contribution in [2.24, 2.45) is 4.99 Å². The van der Waals surface area contributed by atoms with Crippen LogP contribution in [0.25, 0.3) is 0 Å². The zero-order chi connectivity index (χ0) is 15.2. The standard InChI is InChI=1S/C16H32N2O2/c1-4-7-8-9-10-11-14-17-15(12-5-2)16(13-6-3)18(19)20/h16H,4-14H2,1-3H3. The summed E-state index contributed by atoms with van der Waals surface area (Å²) in [7, 11) is 0. The second kappa shape index (κ2) is 13.1. The van der Waals surface area contributed by atoms with Gasteiger partial charge < -0.3 is 0 Å². The van der Waals surface area contributed by atoms with Crippen molar-refractivity contribution >= 4 is 5.71 Å². The fraction of sp³-hybridized carbons (Fsp3) is 0.938. The molecule has 0 saturated carbocycles. The van der Waals surface area contributed by atoms with Crippen LogP contribution in [0.4, 0.5) is 0 Å². The summed E-state index contributed by atoms with van der Waals surface area (Å²) < 4.78 is 0. The second-order valence-corrected chi connectivity index (χ2v) is 5.48. The molecule has 1 unspecified atom stereocenters. The van der Waals surface area contributed by atoms with E-state index in [1.54, 1.807) is 0 Å². The van der Waals surface area contributed by atoms with Gasteiger partial charge >= 0.3 is 0 Å². The Morgan fingerprint density at radius 1 is 1.00 bits per heavy atom. The molecule has 0 N–H and O–H groups in total. The monoisotopic (exact) mass is 284 g/mol. The summed E-state index contributed by atoms with van der Waals surface area (Å²) >= 11 is 0. The van der Waals surface area contributed by atoms with Gasteiger partial charge in [0.25, 0.3) is 0 Å². The van der Waals surface area contributed by atoms with Crippen molar-refractivity contribution < 1.29 is 4.92 Å². The molecule has 0 heterocycles. The highest BCUT2D eigenvalue weighted by Crippen LogP contribution is 2.10. The Kier molecular flexibility index (Phi) is 12.5. The highest BCUT2D eigenvalue weighted by molar-refractivity contribution is 5.88. The van der Waals surface area contributed by atoms with Gasteiger partial charge in [-0.3, -0.25) is 15.1 Å². The minimum atomic E-state index is -0.556. The first kappa shape index (κ1) is 19.1. The van der Waals surface area contributed by atoms with E-state index in [4.69, 9.17) is 0 Å². The summed E-state index contributed by atoms with van der Waals surface area (Å²) in [6, 6.07) is -0.556. The van der Waals surface area contributed by atoms with E-state index in [1.807, 2.05) is 6.92 Å². The van der Waals surface area contributed by atoms with Gasteiger partial charge in [-0.25, -0.2) is 0 Å². The number of aliphatic imine (C=N–C) groups is 1. The zero-order valence-corrected chi connectivity index (χ0v) is 13.6. The molecule has 0 bridgehead atoms. The number of nitrogens with zero attached hydrogens (tertiary/aromatic N) is 2. The molecule has 4 heteroatoms. The first-order valence-electron chi connectivity index (χ1n) is 8.33. The van der Waals surface area contributed by atoms with Gasteiger partial charge in [-0.05, 0) is 19.3 Å². The van der Waals surface area contributed by atoms with Crippen LogP contribution in [0.1, 0.15) is 85.0 Å². The molecule has 118 valence electrons. The Hall–Kier alpha value is -0.930. The molecule has 20 heavy (non-hydrogen) atoms. The van der Waals surface area contributed by atoms with Gasteiger partial charge in [0.15, 0.2) is 0 Å². The largest absolute Gasteiger partial charge is 0.287 e. The van der Waals surface area contributed by atoms with Gasteiger partial charge in [0, 0.05) is 17.9 Å². The summed E-state index contributed by atoms with van der Waals surface area (Å²) in [6.07, 6.45) is 10.5. The highest BCUT2D eigenvalue weighted by Gasteiger charge is 2.24. The van der Waals surface area contributed by atoms with Crippen LogP contribution in [-0.2, 0) is 0 Å². The molecule has 0 radical (unpaired) electrons. The molecular formula is C16H32N2O2. The molecule has 0 aliphatic carbocycles. The Morgan fingerprint density at radius 2 is 1.65 bits per heavy atom. The summed E-state index contributed by atoms with van der Waals surface area (Å²) in [6.45, 7) is 7.03. The summed E-state index contributed by atoms with van der Waals surface area (Å²) in [5.41, 5.74) is 0.813. The number of hydrogen-bond acceptors (Lipinski definition) is 3. The van der Waals surface area contributed by atoms with Crippen LogP contribution >= 0.6 is 0 Å². The van der Waals surface area contributed by atoms with Gasteiger partial charge in [-0.2, -0.15) is 0 Å². The molecule has 0 aromatic carbocycles. The average molecular weight is 284 g/mol. The maximum Gasteiger partial charge on any atom is 0.250 e. The molecule has 0 saturated heterocycles. The fourth-order valence-corrected chi connectivity index (χ4v) is 2.39. The third-order valence-electron chi connectivity index (χ3n) is 3.53. The Morgan fingerprint density at radius 3 is 2.20 bits per heavy atom. The number of nitro groups is 1. The quantitative estimate of drug-likeness (QED) is 0.206. The van der Waals surface area contributed by atoms with E-state index in [0.717, 1.165) is 37.9 Å². The predicted molar refractivity (Wildman–Crippen MR) is 86.3 cm³/mol. The Balaban J connectivity index is 4.20. The minimum absolute atomic E-state index is 0.154. The van der Waals surface area contributed by atoms with Crippen LogP contribution in [0, 0.1) is 10.1 Å². The summed E-state index contributed by atoms with van der Waals surface area (Å²) in [4.78, 5) is 15.5. The van der Waals surface area contributed by atoms with E-state index in [2.05, 4.69) is 18.8 Å². The van der Waals surface area contributed by atoms with E-state index in [-0.39, 0.29) is 4.92 Å². The minimum Gasteiger partial charge on any atom is -0.287 e. The fourth-order valence-electron chi connectivity index (χ4n) is 2.39. The molecule has 0 aliphatic rings. The van der Waals surface area contributed by atoms with Crippen LogP contribution in [0.2, 0.25) is 0 Å². The van der Waals surface area contributed by atoms with Crippen LogP contribution in [0.15, 0.2) is 4.99 Å². The van der Waals surface area contributed by atoms with Crippen molar-refractivity contribution in [1.82, 2.24) is 0 Å². The van der Waals surface area contributed by atoms with Gasteiger partial charge in [0.05, 0.1) is 5.71 Å². The van der Waals surface area contributed by atoms with Crippen LogP contribution in [0.3, 0.4) is 0 Å². The average Bonchev–Trinajstić information content (AvgIpc) is 2.42. The van der Waals surface area contributed by atoms with E-state index in [1.165, 1.54) is 32.1 Å². The van der Waals surface area contributed by atoms with Crippen molar-refractivity contribution in [3.8, 4) is 0 Å². The van der Waals surface area contributed by atoms with Gasteiger partial charge in [0.2, 0.25) is 6.04 Å². The molecule has 0 aliphatic heterocycles. The number of unbranched alkanes of at least 4 members (excludes halogenated alkanes) is 5. The number of rotatable bonds is 13. The zero-order valence-electron chi connectivity index (χ0n) is 13.6. The van der Waals surface area contributed by atoms with Crippen molar-refractivity contribution in [2.75, 3.05) is 6.54 Å². The van der Waals surface area contributed by atoms with Crippen LogP contribution < -0.4 is 0 Å². The maximum absolute atomic E-state index is 11.1. The van der Waals surface area contributed by atoms with Gasteiger partial charge in [-0.1, -0.05) is 59.3 Å². The predicted octanol–water partition coefficient (Wildman–Crippen LogP) is 5.03. The molecular weight excluding hydrogens is 252 g/mol. The Bertz CT molecular complexity index is 278. The third kappa shape index (κ3) is 9.05. The van der Waals surface area contributed by atoms with Crippen LogP contribution in [0.5, 0.6) is 0 Å². The molecule has 0 spiro atoms. The van der Waals surface area contributed by atoms with Crippen molar-refractivity contribution in [2.45, 2.75) is 91.0 Å². The third-order valence-corrected chi connectivity index (χ3v) is 3.53.